The molecule has 4 nitrogen and oxygen atoms in total. The van der Waals surface area contributed by atoms with Crippen molar-refractivity contribution < 1.29 is 13.9 Å². The van der Waals surface area contributed by atoms with Crippen molar-refractivity contribution in [1.82, 2.24) is 0 Å². The maximum Gasteiger partial charge on any atom is 0.350 e. The predicted octanol–water partition coefficient (Wildman–Crippen LogP) is 2.02. The number of carbonyl (C=O) groups is 1. The molecule has 0 aliphatic rings. The molecule has 0 radical (unpaired) electrons. The lowest BCUT2D eigenvalue weighted by Crippen LogP contribution is -2.15. The number of ether oxygens (including phenoxy) is 1. The Morgan fingerprint density at radius 1 is 1.17 bits per heavy atom. The van der Waals surface area contributed by atoms with Crippen molar-refractivity contribution in [2.24, 2.45) is 0 Å². The lowest BCUT2D eigenvalue weighted by Gasteiger charge is -2.01. The van der Waals surface area contributed by atoms with Gasteiger partial charge in [0.05, 0.1) is 7.11 Å². The van der Waals surface area contributed by atoms with Crippen molar-refractivity contribution in [1.29, 1.82) is 0 Å². The summed E-state index contributed by atoms with van der Waals surface area (Å²) in [5.74, 6) is -0.172. The molecule has 2 rings (SSSR count). The summed E-state index contributed by atoms with van der Waals surface area (Å²) in [4.78, 5) is 22.8. The highest BCUT2D eigenvalue weighted by Crippen LogP contribution is 2.08. The molecule has 18 heavy (non-hydrogen) atoms. The molecule has 2 aromatic rings. The van der Waals surface area contributed by atoms with Gasteiger partial charge in [-0.1, -0.05) is 30.3 Å². The van der Waals surface area contributed by atoms with E-state index in [0.717, 1.165) is 5.56 Å². The van der Waals surface area contributed by atoms with Crippen LogP contribution in [-0.4, -0.2) is 13.1 Å². The first-order chi connectivity index (χ1) is 8.70. The largest absolute Gasteiger partial charge is 0.465 e. The van der Waals surface area contributed by atoms with Crippen molar-refractivity contribution in [2.45, 2.75) is 6.42 Å². The standard InChI is InChI=1S/C14H12O4/c1-17-13(15)12-8-7-11(18-14(12)16)9-10-5-3-2-4-6-10/h2-8H,9H2,1H3. The number of rotatable bonds is 3. The van der Waals surface area contributed by atoms with Gasteiger partial charge in [0.2, 0.25) is 0 Å². The number of methoxy groups -OCH3 is 1. The number of benzene rings is 1. The van der Waals surface area contributed by atoms with Crippen LogP contribution in [0.4, 0.5) is 0 Å². The Morgan fingerprint density at radius 2 is 1.89 bits per heavy atom. The summed E-state index contributed by atoms with van der Waals surface area (Å²) < 4.78 is 9.56. The van der Waals surface area contributed by atoms with E-state index in [1.54, 1.807) is 6.07 Å². The second kappa shape index (κ2) is 5.31. The second-order valence-electron chi connectivity index (χ2n) is 3.76. The molecule has 0 amide bonds. The number of hydrogen-bond donors (Lipinski definition) is 0. The highest BCUT2D eigenvalue weighted by molar-refractivity contribution is 5.88. The lowest BCUT2D eigenvalue weighted by atomic mass is 10.1. The maximum absolute atomic E-state index is 11.6. The highest BCUT2D eigenvalue weighted by Gasteiger charge is 2.12. The minimum atomic E-state index is -0.685. The smallest absolute Gasteiger partial charge is 0.350 e. The van der Waals surface area contributed by atoms with E-state index in [4.69, 9.17) is 4.42 Å². The third-order valence-electron chi connectivity index (χ3n) is 2.51. The van der Waals surface area contributed by atoms with E-state index in [1.165, 1.54) is 13.2 Å². The zero-order valence-electron chi connectivity index (χ0n) is 9.88. The van der Waals surface area contributed by atoms with E-state index in [-0.39, 0.29) is 5.56 Å². The van der Waals surface area contributed by atoms with Gasteiger partial charge in [0.1, 0.15) is 11.3 Å². The normalized spacial score (nSPS) is 10.1. The SMILES string of the molecule is COC(=O)c1ccc(Cc2ccccc2)oc1=O. The van der Waals surface area contributed by atoms with Crippen molar-refractivity contribution >= 4 is 5.97 Å². The summed E-state index contributed by atoms with van der Waals surface area (Å²) >= 11 is 0. The molecular weight excluding hydrogens is 232 g/mol. The molecule has 0 saturated carbocycles. The molecule has 0 spiro atoms. The van der Waals surface area contributed by atoms with Gasteiger partial charge < -0.3 is 9.15 Å². The molecule has 0 aliphatic carbocycles. The summed E-state index contributed by atoms with van der Waals surface area (Å²) in [6.07, 6.45) is 0.511. The van der Waals surface area contributed by atoms with E-state index in [0.29, 0.717) is 12.2 Å². The van der Waals surface area contributed by atoms with Crippen LogP contribution in [0.5, 0.6) is 0 Å². The van der Waals surface area contributed by atoms with Crippen molar-refractivity contribution in [3.05, 3.63) is 69.8 Å². The third-order valence-corrected chi connectivity index (χ3v) is 2.51. The third kappa shape index (κ3) is 2.66. The predicted molar refractivity (Wildman–Crippen MR) is 65.6 cm³/mol. The number of esters is 1. The first-order valence-electron chi connectivity index (χ1n) is 5.46. The van der Waals surface area contributed by atoms with Gasteiger partial charge in [-0.05, 0) is 17.7 Å². The fourth-order valence-corrected chi connectivity index (χ4v) is 1.61. The van der Waals surface area contributed by atoms with E-state index >= 15 is 0 Å². The number of hydrogen-bond acceptors (Lipinski definition) is 4. The molecule has 0 N–H and O–H groups in total. The van der Waals surface area contributed by atoms with Gasteiger partial charge in [-0.15, -0.1) is 0 Å². The van der Waals surface area contributed by atoms with Crippen LogP contribution in [-0.2, 0) is 11.2 Å². The fourth-order valence-electron chi connectivity index (χ4n) is 1.61. The Morgan fingerprint density at radius 3 is 2.50 bits per heavy atom. The molecule has 0 atom stereocenters. The van der Waals surface area contributed by atoms with Crippen LogP contribution in [0, 0.1) is 0 Å². The van der Waals surface area contributed by atoms with E-state index in [1.807, 2.05) is 30.3 Å². The summed E-state index contributed by atoms with van der Waals surface area (Å²) in [6.45, 7) is 0. The molecule has 0 bridgehead atoms. The van der Waals surface area contributed by atoms with Crippen LogP contribution in [0.15, 0.2) is 51.7 Å². The zero-order chi connectivity index (χ0) is 13.0. The van der Waals surface area contributed by atoms with Gasteiger partial charge in [-0.3, -0.25) is 0 Å². The molecule has 0 unspecified atom stereocenters. The summed E-state index contributed by atoms with van der Waals surface area (Å²) in [7, 11) is 1.22. The summed E-state index contributed by atoms with van der Waals surface area (Å²) in [5, 5.41) is 0. The van der Waals surface area contributed by atoms with Crippen LogP contribution < -0.4 is 5.63 Å². The average Bonchev–Trinajstić information content (AvgIpc) is 2.39. The summed E-state index contributed by atoms with van der Waals surface area (Å²) in [5.41, 5.74) is 0.274. The highest BCUT2D eigenvalue weighted by atomic mass is 16.5. The second-order valence-corrected chi connectivity index (χ2v) is 3.76. The zero-order valence-corrected chi connectivity index (χ0v) is 9.88. The maximum atomic E-state index is 11.6. The quantitative estimate of drug-likeness (QED) is 0.775. The van der Waals surface area contributed by atoms with Crippen LogP contribution in [0.3, 0.4) is 0 Å². The van der Waals surface area contributed by atoms with E-state index in [2.05, 4.69) is 4.74 Å². The van der Waals surface area contributed by atoms with Crippen LogP contribution in [0.2, 0.25) is 0 Å². The van der Waals surface area contributed by atoms with Crippen molar-refractivity contribution in [3.8, 4) is 0 Å². The van der Waals surface area contributed by atoms with Gasteiger partial charge in [-0.25, -0.2) is 9.59 Å². The number of carbonyl (C=O) groups excluding carboxylic acids is 1. The van der Waals surface area contributed by atoms with Gasteiger partial charge in [-0.2, -0.15) is 0 Å². The molecular formula is C14H12O4. The molecule has 0 saturated heterocycles. The van der Waals surface area contributed by atoms with Gasteiger partial charge in [0.25, 0.3) is 0 Å². The van der Waals surface area contributed by atoms with Crippen LogP contribution in [0.25, 0.3) is 0 Å². The van der Waals surface area contributed by atoms with Gasteiger partial charge in [0.15, 0.2) is 0 Å². The minimum Gasteiger partial charge on any atom is -0.465 e. The molecule has 92 valence electrons. The topological polar surface area (TPSA) is 56.5 Å². The first kappa shape index (κ1) is 12.1. The Bertz CT molecular complexity index is 599. The van der Waals surface area contributed by atoms with Gasteiger partial charge in [0, 0.05) is 6.42 Å². The molecule has 1 aromatic heterocycles. The fraction of sp³-hybridized carbons (Fsp3) is 0.143. The Balaban J connectivity index is 2.25. The van der Waals surface area contributed by atoms with E-state index in [9.17, 15) is 9.59 Å². The molecule has 0 fully saturated rings. The monoisotopic (exact) mass is 244 g/mol. The van der Waals surface area contributed by atoms with Crippen LogP contribution >= 0.6 is 0 Å². The molecule has 4 heteroatoms. The average molecular weight is 244 g/mol. The Hall–Kier alpha value is -2.36. The van der Waals surface area contributed by atoms with Crippen molar-refractivity contribution in [2.75, 3.05) is 7.11 Å². The van der Waals surface area contributed by atoms with Crippen LogP contribution in [0.1, 0.15) is 21.7 Å². The molecule has 1 aromatic carbocycles. The van der Waals surface area contributed by atoms with E-state index < -0.39 is 11.6 Å². The molecule has 0 aliphatic heterocycles. The van der Waals surface area contributed by atoms with Crippen molar-refractivity contribution in [3.63, 3.8) is 0 Å². The Labute approximate surface area is 104 Å². The summed E-state index contributed by atoms with van der Waals surface area (Å²) in [6, 6.07) is 12.7. The Kier molecular flexibility index (Phi) is 3.57. The molecule has 1 heterocycles. The first-order valence-corrected chi connectivity index (χ1v) is 5.46. The minimum absolute atomic E-state index is 0.0886. The lowest BCUT2D eigenvalue weighted by molar-refractivity contribution is 0.0595. The van der Waals surface area contributed by atoms with Gasteiger partial charge >= 0.3 is 11.6 Å².